The first-order valence-electron chi connectivity index (χ1n) is 5.68. The Morgan fingerprint density at radius 1 is 1.61 bits per heavy atom. The summed E-state index contributed by atoms with van der Waals surface area (Å²) >= 11 is 9.31. The van der Waals surface area contributed by atoms with Crippen molar-refractivity contribution in [2.75, 3.05) is 18.4 Å². The van der Waals surface area contributed by atoms with Crippen LogP contribution in [0.2, 0.25) is 5.02 Å². The fourth-order valence-corrected chi connectivity index (χ4v) is 2.48. The molecule has 1 N–H and O–H groups in total. The highest BCUT2D eigenvalue weighted by atomic mass is 79.9. The second-order valence-electron chi connectivity index (χ2n) is 3.85. The molecule has 0 saturated heterocycles. The minimum absolute atomic E-state index is 0.0730. The lowest BCUT2D eigenvalue weighted by atomic mass is 10.3. The van der Waals surface area contributed by atoms with Gasteiger partial charge in [-0.2, -0.15) is 0 Å². The highest BCUT2D eigenvalue weighted by Gasteiger charge is 2.22. The normalized spacial score (nSPS) is 14.6. The molecule has 0 aromatic heterocycles. The van der Waals surface area contributed by atoms with Crippen molar-refractivity contribution in [2.24, 2.45) is 4.99 Å². The molecule has 96 valence electrons. The van der Waals surface area contributed by atoms with Crippen LogP contribution in [0, 0.1) is 0 Å². The Morgan fingerprint density at radius 2 is 2.39 bits per heavy atom. The minimum Gasteiger partial charge on any atom is -0.325 e. The van der Waals surface area contributed by atoms with Crippen LogP contribution < -0.4 is 5.32 Å². The lowest BCUT2D eigenvalue weighted by Gasteiger charge is -2.19. The molecule has 1 amide bonds. The van der Waals surface area contributed by atoms with Crippen molar-refractivity contribution in [1.29, 1.82) is 0 Å². The fourth-order valence-electron chi connectivity index (χ4n) is 1.70. The van der Waals surface area contributed by atoms with Gasteiger partial charge in [-0.25, -0.2) is 0 Å². The van der Waals surface area contributed by atoms with E-state index in [-0.39, 0.29) is 5.91 Å². The van der Waals surface area contributed by atoms with Gasteiger partial charge in [0, 0.05) is 22.5 Å². The van der Waals surface area contributed by atoms with Gasteiger partial charge in [0.1, 0.15) is 0 Å². The molecule has 1 aromatic carbocycles. The molecular weight excluding hydrogens is 318 g/mol. The van der Waals surface area contributed by atoms with Crippen LogP contribution in [0.1, 0.15) is 13.3 Å². The van der Waals surface area contributed by atoms with Crippen LogP contribution in [-0.4, -0.2) is 29.9 Å². The zero-order chi connectivity index (χ0) is 13.1. The Morgan fingerprint density at radius 3 is 3.06 bits per heavy atom. The van der Waals surface area contributed by atoms with Crippen LogP contribution in [0.15, 0.2) is 27.7 Å². The lowest BCUT2D eigenvalue weighted by molar-refractivity contribution is -0.126. The lowest BCUT2D eigenvalue weighted by Crippen LogP contribution is -2.37. The number of hydrogen-bond donors (Lipinski definition) is 1. The van der Waals surface area contributed by atoms with Crippen molar-refractivity contribution < 1.29 is 4.79 Å². The predicted octanol–water partition coefficient (Wildman–Crippen LogP) is 3.12. The standard InChI is InChI=1S/C12H13BrClN3O/c1-2-11(18)17-6-5-15-12(17)16-10-4-3-8(14)7-9(10)13/h3-4,7H,2,5-6H2,1H3,(H,15,16). The number of nitrogens with zero attached hydrogens (tertiary/aromatic N) is 2. The Balaban J connectivity index is 2.16. The second-order valence-corrected chi connectivity index (χ2v) is 5.14. The molecule has 0 fully saturated rings. The average Bonchev–Trinajstić information content (AvgIpc) is 2.80. The smallest absolute Gasteiger partial charge is 0.229 e. The number of amides is 1. The molecule has 6 heteroatoms. The summed E-state index contributed by atoms with van der Waals surface area (Å²) in [6.45, 7) is 3.12. The maximum Gasteiger partial charge on any atom is 0.229 e. The van der Waals surface area contributed by atoms with Crippen LogP contribution in [0.25, 0.3) is 0 Å². The Hall–Kier alpha value is -1.07. The van der Waals surface area contributed by atoms with Gasteiger partial charge in [-0.3, -0.25) is 14.7 Å². The Labute approximate surface area is 119 Å². The van der Waals surface area contributed by atoms with E-state index < -0.39 is 0 Å². The van der Waals surface area contributed by atoms with Gasteiger partial charge in [0.25, 0.3) is 0 Å². The Bertz CT molecular complexity index is 504. The topological polar surface area (TPSA) is 44.7 Å². The van der Waals surface area contributed by atoms with Gasteiger partial charge < -0.3 is 5.32 Å². The number of guanidine groups is 1. The van der Waals surface area contributed by atoms with Crippen LogP contribution in [0.5, 0.6) is 0 Å². The van der Waals surface area contributed by atoms with E-state index in [4.69, 9.17) is 11.6 Å². The summed E-state index contributed by atoms with van der Waals surface area (Å²) in [4.78, 5) is 17.7. The first kappa shape index (κ1) is 13.4. The number of hydrogen-bond acceptors (Lipinski definition) is 3. The van der Waals surface area contributed by atoms with E-state index in [1.165, 1.54) is 0 Å². The predicted molar refractivity (Wildman–Crippen MR) is 77.1 cm³/mol. The van der Waals surface area contributed by atoms with Crippen molar-refractivity contribution in [1.82, 2.24) is 4.90 Å². The van der Waals surface area contributed by atoms with E-state index in [1.807, 2.05) is 13.0 Å². The van der Waals surface area contributed by atoms with Crippen molar-refractivity contribution in [3.8, 4) is 0 Å². The van der Waals surface area contributed by atoms with E-state index in [9.17, 15) is 4.79 Å². The number of benzene rings is 1. The summed E-state index contributed by atoms with van der Waals surface area (Å²) in [5.74, 6) is 0.675. The van der Waals surface area contributed by atoms with E-state index in [0.29, 0.717) is 30.5 Å². The summed E-state index contributed by atoms with van der Waals surface area (Å²) in [5, 5.41) is 3.81. The van der Waals surface area contributed by atoms with Crippen molar-refractivity contribution >= 4 is 45.1 Å². The zero-order valence-corrected chi connectivity index (χ0v) is 12.3. The molecule has 0 aliphatic carbocycles. The van der Waals surface area contributed by atoms with Gasteiger partial charge in [-0.05, 0) is 34.1 Å². The highest BCUT2D eigenvalue weighted by molar-refractivity contribution is 9.10. The minimum atomic E-state index is 0.0730. The second kappa shape index (κ2) is 5.71. The number of carbonyl (C=O) groups excluding carboxylic acids is 1. The zero-order valence-electron chi connectivity index (χ0n) is 9.91. The van der Waals surface area contributed by atoms with Crippen molar-refractivity contribution in [2.45, 2.75) is 13.3 Å². The van der Waals surface area contributed by atoms with E-state index in [2.05, 4.69) is 26.2 Å². The van der Waals surface area contributed by atoms with E-state index >= 15 is 0 Å². The van der Waals surface area contributed by atoms with Gasteiger partial charge in [0.15, 0.2) is 0 Å². The molecule has 0 bridgehead atoms. The SMILES string of the molecule is CCC(=O)N1CCN=C1Nc1ccc(Cl)cc1Br. The molecular formula is C12H13BrClN3O. The number of anilines is 1. The number of carbonyl (C=O) groups is 1. The van der Waals surface area contributed by atoms with Gasteiger partial charge in [0.2, 0.25) is 11.9 Å². The summed E-state index contributed by atoms with van der Waals surface area (Å²) in [6.07, 6.45) is 0.475. The highest BCUT2D eigenvalue weighted by Crippen LogP contribution is 2.26. The third-order valence-corrected chi connectivity index (χ3v) is 3.51. The van der Waals surface area contributed by atoms with Crippen LogP contribution >= 0.6 is 27.5 Å². The molecule has 4 nitrogen and oxygen atoms in total. The first-order valence-corrected chi connectivity index (χ1v) is 6.86. The van der Waals surface area contributed by atoms with Crippen LogP contribution in [0.3, 0.4) is 0 Å². The maximum atomic E-state index is 11.7. The van der Waals surface area contributed by atoms with Crippen molar-refractivity contribution in [3.05, 3.63) is 27.7 Å². The summed E-state index contributed by atoms with van der Waals surface area (Å²) in [5.41, 5.74) is 0.842. The molecule has 1 aliphatic heterocycles. The molecule has 1 heterocycles. The van der Waals surface area contributed by atoms with Crippen LogP contribution in [0.4, 0.5) is 5.69 Å². The summed E-state index contributed by atoms with van der Waals surface area (Å²) in [7, 11) is 0. The van der Waals surface area contributed by atoms with E-state index in [0.717, 1.165) is 10.2 Å². The molecule has 1 aliphatic rings. The third-order valence-electron chi connectivity index (χ3n) is 2.62. The molecule has 0 atom stereocenters. The molecule has 0 radical (unpaired) electrons. The molecule has 18 heavy (non-hydrogen) atoms. The van der Waals surface area contributed by atoms with Crippen molar-refractivity contribution in [3.63, 3.8) is 0 Å². The molecule has 0 spiro atoms. The number of rotatable bonds is 2. The molecule has 2 rings (SSSR count). The largest absolute Gasteiger partial charge is 0.325 e. The maximum absolute atomic E-state index is 11.7. The number of aliphatic imine (C=N–C) groups is 1. The first-order chi connectivity index (χ1) is 8.61. The van der Waals surface area contributed by atoms with Gasteiger partial charge in [-0.15, -0.1) is 0 Å². The number of nitrogens with one attached hydrogen (secondary N) is 1. The monoisotopic (exact) mass is 329 g/mol. The van der Waals surface area contributed by atoms with Gasteiger partial charge >= 0.3 is 0 Å². The quantitative estimate of drug-likeness (QED) is 0.905. The van der Waals surface area contributed by atoms with Gasteiger partial charge in [-0.1, -0.05) is 18.5 Å². The Kier molecular flexibility index (Phi) is 4.24. The molecule has 0 saturated carbocycles. The average molecular weight is 331 g/mol. The summed E-state index contributed by atoms with van der Waals surface area (Å²) < 4.78 is 0.841. The summed E-state index contributed by atoms with van der Waals surface area (Å²) in [6, 6.07) is 5.43. The van der Waals surface area contributed by atoms with Gasteiger partial charge in [0.05, 0.1) is 12.2 Å². The fraction of sp³-hybridized carbons (Fsp3) is 0.333. The molecule has 0 unspecified atom stereocenters. The van der Waals surface area contributed by atoms with E-state index in [1.54, 1.807) is 17.0 Å². The number of halogens is 2. The third kappa shape index (κ3) is 2.84. The van der Waals surface area contributed by atoms with Crippen LogP contribution in [-0.2, 0) is 4.79 Å². The molecule has 1 aromatic rings.